The highest BCUT2D eigenvalue weighted by Crippen LogP contribution is 2.31. The van der Waals surface area contributed by atoms with Crippen molar-refractivity contribution in [1.82, 2.24) is 9.97 Å². The predicted molar refractivity (Wildman–Crippen MR) is 102 cm³/mol. The fourth-order valence-electron chi connectivity index (χ4n) is 2.84. The Labute approximate surface area is 148 Å². The zero-order valence-electron chi connectivity index (χ0n) is 15.0. The molecule has 0 atom stereocenters. The Morgan fingerprint density at radius 2 is 1.80 bits per heavy atom. The number of anilines is 1. The zero-order chi connectivity index (χ0) is 17.8. The molecule has 1 aromatic heterocycles. The number of benzene rings is 2. The van der Waals surface area contributed by atoms with Crippen LogP contribution in [0.2, 0.25) is 0 Å². The van der Waals surface area contributed by atoms with Crippen LogP contribution in [-0.4, -0.2) is 16.5 Å². The second kappa shape index (κ2) is 7.60. The van der Waals surface area contributed by atoms with E-state index < -0.39 is 0 Å². The summed E-state index contributed by atoms with van der Waals surface area (Å²) in [5.74, 6) is 0.724. The maximum atomic E-state index is 14.1. The number of rotatable bonds is 6. The zero-order valence-corrected chi connectivity index (χ0v) is 15.0. The molecule has 0 radical (unpaired) electrons. The molecule has 0 aliphatic rings. The lowest BCUT2D eigenvalue weighted by molar-refractivity contribution is 0.640. The summed E-state index contributed by atoms with van der Waals surface area (Å²) >= 11 is 0. The Hall–Kier alpha value is -2.49. The van der Waals surface area contributed by atoms with E-state index in [0.717, 1.165) is 41.7 Å². The molecule has 0 bridgehead atoms. The Morgan fingerprint density at radius 3 is 2.52 bits per heavy atom. The number of hydrogen-bond acceptors (Lipinski definition) is 3. The van der Waals surface area contributed by atoms with Crippen LogP contribution in [0.15, 0.2) is 42.5 Å². The fraction of sp³-hybridized carbons (Fsp3) is 0.333. The van der Waals surface area contributed by atoms with Crippen LogP contribution in [0.25, 0.3) is 22.0 Å². The van der Waals surface area contributed by atoms with Gasteiger partial charge < -0.3 is 5.32 Å². The summed E-state index contributed by atoms with van der Waals surface area (Å²) in [5, 5.41) is 4.80. The summed E-state index contributed by atoms with van der Waals surface area (Å²) < 4.78 is 14.1. The summed E-state index contributed by atoms with van der Waals surface area (Å²) in [6, 6.07) is 12.9. The lowest BCUT2D eigenvalue weighted by Crippen LogP contribution is -2.08. The molecule has 25 heavy (non-hydrogen) atoms. The van der Waals surface area contributed by atoms with Crippen LogP contribution >= 0.6 is 0 Å². The van der Waals surface area contributed by atoms with Crippen molar-refractivity contribution in [2.24, 2.45) is 0 Å². The van der Waals surface area contributed by atoms with Gasteiger partial charge in [0.1, 0.15) is 5.82 Å². The molecule has 0 unspecified atom stereocenters. The van der Waals surface area contributed by atoms with Crippen LogP contribution in [0.1, 0.15) is 45.2 Å². The molecule has 0 spiro atoms. The molecule has 0 saturated heterocycles. The topological polar surface area (TPSA) is 37.8 Å². The fourth-order valence-corrected chi connectivity index (χ4v) is 2.84. The minimum Gasteiger partial charge on any atom is -0.354 e. The van der Waals surface area contributed by atoms with Crippen molar-refractivity contribution in [2.75, 3.05) is 11.9 Å². The van der Waals surface area contributed by atoms with Crippen molar-refractivity contribution in [3.05, 3.63) is 54.0 Å². The summed E-state index contributed by atoms with van der Waals surface area (Å²) in [4.78, 5) is 9.32. The van der Waals surface area contributed by atoms with Crippen LogP contribution in [0.3, 0.4) is 0 Å². The maximum Gasteiger partial charge on any atom is 0.223 e. The molecule has 4 heteroatoms. The van der Waals surface area contributed by atoms with E-state index >= 15 is 0 Å². The Balaban J connectivity index is 2.11. The lowest BCUT2D eigenvalue weighted by Gasteiger charge is -2.13. The molecule has 0 aliphatic heterocycles. The number of nitrogens with one attached hydrogen (secondary N) is 1. The molecule has 3 aromatic rings. The van der Waals surface area contributed by atoms with Gasteiger partial charge >= 0.3 is 0 Å². The molecular weight excluding hydrogens is 313 g/mol. The van der Waals surface area contributed by atoms with Gasteiger partial charge in [-0.25, -0.2) is 14.4 Å². The SMILES string of the molecule is CCCCNc1nc(-c2ccc(F)c3ccccc23)cc(C(C)C)n1. The monoisotopic (exact) mass is 337 g/mol. The molecule has 0 amide bonds. The largest absolute Gasteiger partial charge is 0.354 e. The van der Waals surface area contributed by atoms with Crippen molar-refractivity contribution >= 4 is 16.7 Å². The Bertz CT molecular complexity index is 874. The van der Waals surface area contributed by atoms with Crippen LogP contribution in [0.4, 0.5) is 10.3 Å². The third-order valence-corrected chi connectivity index (χ3v) is 4.30. The molecule has 0 aliphatic carbocycles. The van der Waals surface area contributed by atoms with Gasteiger partial charge in [0.2, 0.25) is 5.95 Å². The predicted octanol–water partition coefficient (Wildman–Crippen LogP) is 5.77. The first-order chi connectivity index (χ1) is 12.1. The van der Waals surface area contributed by atoms with E-state index in [1.807, 2.05) is 24.3 Å². The molecule has 0 fully saturated rings. The average molecular weight is 337 g/mol. The van der Waals surface area contributed by atoms with E-state index in [0.29, 0.717) is 17.3 Å². The minimum absolute atomic E-state index is 0.209. The molecule has 3 nitrogen and oxygen atoms in total. The summed E-state index contributed by atoms with van der Waals surface area (Å²) in [6.45, 7) is 7.24. The maximum absolute atomic E-state index is 14.1. The number of nitrogens with zero attached hydrogens (tertiary/aromatic N) is 2. The van der Waals surface area contributed by atoms with E-state index in [9.17, 15) is 4.39 Å². The van der Waals surface area contributed by atoms with Crippen molar-refractivity contribution in [2.45, 2.75) is 39.5 Å². The minimum atomic E-state index is -0.209. The van der Waals surface area contributed by atoms with Gasteiger partial charge in [-0.2, -0.15) is 0 Å². The highest BCUT2D eigenvalue weighted by Gasteiger charge is 2.13. The third kappa shape index (κ3) is 3.78. The smallest absolute Gasteiger partial charge is 0.223 e. The van der Waals surface area contributed by atoms with Gasteiger partial charge in [-0.15, -0.1) is 0 Å². The standard InChI is InChI=1S/C21H24FN3/c1-4-5-12-23-21-24-19(14(2)3)13-20(25-21)17-10-11-18(22)16-9-7-6-8-15(16)17/h6-11,13-14H,4-5,12H2,1-3H3,(H,23,24,25). The van der Waals surface area contributed by atoms with Crippen molar-refractivity contribution < 1.29 is 4.39 Å². The van der Waals surface area contributed by atoms with E-state index in [1.54, 1.807) is 12.1 Å². The van der Waals surface area contributed by atoms with E-state index in [4.69, 9.17) is 4.98 Å². The summed E-state index contributed by atoms with van der Waals surface area (Å²) in [6.07, 6.45) is 2.19. The number of fused-ring (bicyclic) bond motifs is 1. The molecule has 3 rings (SSSR count). The van der Waals surface area contributed by atoms with Gasteiger partial charge in [0.15, 0.2) is 0 Å². The van der Waals surface area contributed by atoms with Gasteiger partial charge in [0.25, 0.3) is 0 Å². The highest BCUT2D eigenvalue weighted by molar-refractivity contribution is 5.96. The number of aromatic nitrogens is 2. The molecule has 130 valence electrons. The van der Waals surface area contributed by atoms with Gasteiger partial charge in [-0.3, -0.25) is 0 Å². The molecule has 1 heterocycles. The summed E-state index contributed by atoms with van der Waals surface area (Å²) in [7, 11) is 0. The normalized spacial score (nSPS) is 11.2. The molecule has 1 N–H and O–H groups in total. The number of unbranched alkanes of at least 4 members (excludes halogenated alkanes) is 1. The van der Waals surface area contributed by atoms with Crippen molar-refractivity contribution in [3.63, 3.8) is 0 Å². The van der Waals surface area contributed by atoms with Gasteiger partial charge in [-0.1, -0.05) is 51.5 Å². The second-order valence-corrected chi connectivity index (χ2v) is 6.58. The number of halogens is 1. The van der Waals surface area contributed by atoms with E-state index in [1.165, 1.54) is 6.07 Å². The second-order valence-electron chi connectivity index (χ2n) is 6.58. The number of hydrogen-bond donors (Lipinski definition) is 1. The Morgan fingerprint density at radius 1 is 1.04 bits per heavy atom. The first-order valence-corrected chi connectivity index (χ1v) is 8.90. The van der Waals surface area contributed by atoms with E-state index in [2.05, 4.69) is 31.1 Å². The third-order valence-electron chi connectivity index (χ3n) is 4.30. The van der Waals surface area contributed by atoms with Gasteiger partial charge in [-0.05, 0) is 35.9 Å². The van der Waals surface area contributed by atoms with Crippen LogP contribution in [-0.2, 0) is 0 Å². The molecule has 0 saturated carbocycles. The van der Waals surface area contributed by atoms with E-state index in [-0.39, 0.29) is 5.82 Å². The highest BCUT2D eigenvalue weighted by atomic mass is 19.1. The quantitative estimate of drug-likeness (QED) is 0.580. The van der Waals surface area contributed by atoms with Crippen LogP contribution in [0.5, 0.6) is 0 Å². The van der Waals surface area contributed by atoms with Crippen LogP contribution in [0, 0.1) is 5.82 Å². The van der Waals surface area contributed by atoms with Gasteiger partial charge in [0, 0.05) is 23.2 Å². The first-order valence-electron chi connectivity index (χ1n) is 8.90. The first kappa shape index (κ1) is 17.3. The van der Waals surface area contributed by atoms with Gasteiger partial charge in [0.05, 0.1) is 5.69 Å². The molecular formula is C21H24FN3. The average Bonchev–Trinajstić information content (AvgIpc) is 2.62. The Kier molecular flexibility index (Phi) is 5.27. The van der Waals surface area contributed by atoms with Crippen molar-refractivity contribution in [1.29, 1.82) is 0 Å². The lowest BCUT2D eigenvalue weighted by atomic mass is 10.00. The van der Waals surface area contributed by atoms with Crippen LogP contribution < -0.4 is 5.32 Å². The van der Waals surface area contributed by atoms with Crippen molar-refractivity contribution in [3.8, 4) is 11.3 Å². The summed E-state index contributed by atoms with van der Waals surface area (Å²) in [5.41, 5.74) is 2.74. The molecule has 2 aromatic carbocycles.